The average Bonchev–Trinajstić information content (AvgIpc) is 3.55. The molecule has 4 saturated carbocycles. The first-order chi connectivity index (χ1) is 30.7. The summed E-state index contributed by atoms with van der Waals surface area (Å²) in [4.78, 5) is 0. The van der Waals surface area contributed by atoms with Crippen LogP contribution in [0.1, 0.15) is 114 Å². The van der Waals surface area contributed by atoms with E-state index in [2.05, 4.69) is 26.8 Å². The van der Waals surface area contributed by atoms with Gasteiger partial charge in [0.25, 0.3) is 0 Å². The Bertz CT molecular complexity index is 1690. The molecule has 0 aromatic carbocycles. The maximum absolute atomic E-state index is 12.6. The number of rotatable bonds is 12. The van der Waals surface area contributed by atoms with Gasteiger partial charge < -0.3 is 89.7 Å². The molecule has 7 rings (SSSR count). The van der Waals surface area contributed by atoms with Crippen molar-refractivity contribution in [2.45, 2.75) is 230 Å². The molecule has 3 saturated heterocycles. The van der Waals surface area contributed by atoms with E-state index in [1.165, 1.54) is 6.92 Å². The Balaban J connectivity index is 1.31. The molecule has 4 aliphatic carbocycles. The van der Waals surface area contributed by atoms with Crippen LogP contribution < -0.4 is 0 Å². The summed E-state index contributed by atoms with van der Waals surface area (Å²) in [6.45, 7) is 16.6. The quantitative estimate of drug-likeness (QED) is 0.0904. The zero-order chi connectivity index (χ0) is 48.8. The van der Waals surface area contributed by atoms with E-state index < -0.39 is 157 Å². The third-order valence-electron chi connectivity index (χ3n) is 18.7. The third kappa shape index (κ3) is 8.69. The average molecular weight is 947 g/mol. The fraction of sp³-hybridized carbons (Fsp3) is 0.958. The number of fused-ring (bicyclic) bond motifs is 5. The molecule has 3 aliphatic heterocycles. The van der Waals surface area contributed by atoms with E-state index in [0.717, 1.165) is 5.57 Å². The zero-order valence-corrected chi connectivity index (χ0v) is 40.2. The molecular weight excluding hydrogens is 865 g/mol. The predicted octanol–water partition coefficient (Wildman–Crippen LogP) is -0.0284. The molecule has 26 unspecified atom stereocenters. The van der Waals surface area contributed by atoms with Gasteiger partial charge in [-0.05, 0) is 119 Å². The molecule has 12 N–H and O–H groups in total. The fourth-order valence-electron chi connectivity index (χ4n) is 14.8. The van der Waals surface area contributed by atoms with Crippen molar-refractivity contribution in [2.75, 3.05) is 13.2 Å². The van der Waals surface area contributed by atoms with Crippen molar-refractivity contribution in [3.63, 3.8) is 0 Å². The van der Waals surface area contributed by atoms with Gasteiger partial charge >= 0.3 is 0 Å². The Hall–Kier alpha value is -0.980. The van der Waals surface area contributed by atoms with Crippen molar-refractivity contribution in [1.29, 1.82) is 0 Å². The second kappa shape index (κ2) is 19.2. The second-order valence-electron chi connectivity index (χ2n) is 23.0. The van der Waals surface area contributed by atoms with Crippen LogP contribution in [0.5, 0.6) is 0 Å². The molecule has 18 heteroatoms. The van der Waals surface area contributed by atoms with E-state index in [-0.39, 0.29) is 17.8 Å². The van der Waals surface area contributed by atoms with E-state index in [0.29, 0.717) is 51.4 Å². The van der Waals surface area contributed by atoms with Crippen LogP contribution in [0.4, 0.5) is 0 Å². The summed E-state index contributed by atoms with van der Waals surface area (Å²) >= 11 is 0. The molecule has 66 heavy (non-hydrogen) atoms. The van der Waals surface area contributed by atoms with Crippen molar-refractivity contribution >= 4 is 0 Å². The molecule has 18 nitrogen and oxygen atoms in total. The molecule has 0 aromatic heterocycles. The van der Waals surface area contributed by atoms with Crippen molar-refractivity contribution < 1.29 is 89.7 Å². The van der Waals surface area contributed by atoms with Crippen LogP contribution in [-0.2, 0) is 28.4 Å². The maximum Gasteiger partial charge on any atom is 0.187 e. The summed E-state index contributed by atoms with van der Waals surface area (Å²) in [5, 5.41) is 133. The van der Waals surface area contributed by atoms with E-state index in [1.54, 1.807) is 0 Å². The van der Waals surface area contributed by atoms with Gasteiger partial charge in [0.05, 0.1) is 43.2 Å². The number of aliphatic hydroxyl groups is 12. The lowest BCUT2D eigenvalue weighted by Gasteiger charge is -2.70. The molecule has 0 aromatic rings. The van der Waals surface area contributed by atoms with Crippen LogP contribution in [-0.4, -0.2) is 191 Å². The lowest BCUT2D eigenvalue weighted by atomic mass is 9.36. The van der Waals surface area contributed by atoms with E-state index in [4.69, 9.17) is 28.4 Å². The van der Waals surface area contributed by atoms with Gasteiger partial charge in [-0.3, -0.25) is 0 Å². The second-order valence-corrected chi connectivity index (χ2v) is 23.0. The topological polar surface area (TPSA) is 298 Å². The summed E-state index contributed by atoms with van der Waals surface area (Å²) in [6, 6.07) is 0. The third-order valence-corrected chi connectivity index (χ3v) is 18.7. The highest BCUT2D eigenvalue weighted by atomic mass is 16.8. The van der Waals surface area contributed by atoms with Gasteiger partial charge in [0, 0.05) is 5.41 Å². The molecule has 3 heterocycles. The van der Waals surface area contributed by atoms with Crippen LogP contribution >= 0.6 is 0 Å². The number of ether oxygens (including phenoxy) is 6. The molecule has 0 radical (unpaired) electrons. The number of aliphatic hydroxyl groups excluding tert-OH is 11. The van der Waals surface area contributed by atoms with Gasteiger partial charge in [0.15, 0.2) is 18.9 Å². The molecule has 0 spiro atoms. The monoisotopic (exact) mass is 947 g/mol. The van der Waals surface area contributed by atoms with Gasteiger partial charge in [-0.2, -0.15) is 0 Å². The highest BCUT2D eigenvalue weighted by Crippen LogP contribution is 2.76. The smallest absolute Gasteiger partial charge is 0.187 e. The fourth-order valence-corrected chi connectivity index (χ4v) is 14.8. The molecule has 0 bridgehead atoms. The molecular formula is C48H82O18. The molecule has 0 amide bonds. The van der Waals surface area contributed by atoms with Gasteiger partial charge in [-0.25, -0.2) is 0 Å². The Morgan fingerprint density at radius 1 is 0.667 bits per heavy atom. The first kappa shape index (κ1) is 52.8. The summed E-state index contributed by atoms with van der Waals surface area (Å²) in [7, 11) is 0. The van der Waals surface area contributed by atoms with Crippen LogP contribution in [0.15, 0.2) is 11.6 Å². The summed E-state index contributed by atoms with van der Waals surface area (Å²) < 4.78 is 38.3. The van der Waals surface area contributed by atoms with E-state index in [1.807, 2.05) is 34.6 Å². The van der Waals surface area contributed by atoms with Crippen molar-refractivity contribution in [3.8, 4) is 0 Å². The summed E-state index contributed by atoms with van der Waals surface area (Å²) in [5.41, 5.74) is -2.90. The predicted molar refractivity (Wildman–Crippen MR) is 234 cm³/mol. The Morgan fingerprint density at radius 2 is 1.24 bits per heavy atom. The Morgan fingerprint density at radius 3 is 1.85 bits per heavy atom. The van der Waals surface area contributed by atoms with E-state index in [9.17, 15) is 61.3 Å². The Kier molecular flexibility index (Phi) is 15.4. The zero-order valence-electron chi connectivity index (χ0n) is 40.2. The number of hydrogen-bond donors (Lipinski definition) is 12. The first-order valence-electron chi connectivity index (χ1n) is 24.3. The van der Waals surface area contributed by atoms with Crippen molar-refractivity contribution in [1.82, 2.24) is 0 Å². The minimum atomic E-state index is -1.75. The van der Waals surface area contributed by atoms with Crippen molar-refractivity contribution in [3.05, 3.63) is 11.6 Å². The van der Waals surface area contributed by atoms with Crippen molar-refractivity contribution in [2.24, 2.45) is 45.3 Å². The van der Waals surface area contributed by atoms with E-state index >= 15 is 0 Å². The van der Waals surface area contributed by atoms with Crippen LogP contribution in [0.2, 0.25) is 0 Å². The maximum atomic E-state index is 12.6. The van der Waals surface area contributed by atoms with Crippen LogP contribution in [0, 0.1) is 45.3 Å². The standard InChI is InChI=1S/C48H82O18/c1-21(2)11-10-14-47(8,60)28-12-16-46(7)24-17-25(62-43-39(36(57)33(54)27(20-50)64-43)66-41-37(58)34(55)31(52)22(3)61-41)40-44(4,5)29(51)13-15-45(40,6)23(24)18-30(48(28,46)9)65-42-38(59)35(56)32(53)26(19-49)63-42/h11,22-43,49-60H,10,12-20H2,1-9H3. The number of hydrogen-bond acceptors (Lipinski definition) is 18. The highest BCUT2D eigenvalue weighted by Gasteiger charge is 2.74. The summed E-state index contributed by atoms with van der Waals surface area (Å²) in [6.07, 6.45) is -18.5. The van der Waals surface area contributed by atoms with Gasteiger partial charge in [-0.15, -0.1) is 0 Å². The lowest BCUT2D eigenvalue weighted by molar-refractivity contribution is -0.381. The molecule has 7 aliphatic rings. The Labute approximate surface area is 388 Å². The van der Waals surface area contributed by atoms with Gasteiger partial charge in [0.2, 0.25) is 0 Å². The van der Waals surface area contributed by atoms with Gasteiger partial charge in [0.1, 0.15) is 67.1 Å². The lowest BCUT2D eigenvalue weighted by Crippen LogP contribution is -2.70. The SMILES string of the molecule is CC(C)=CCCC(C)(O)C1CCC2(C)C3CC(OC4OC(CO)C(O)C(O)C4OC4OC(C)C(O)C(O)C4O)C4C(C)(C)C(O)CCC4(C)C3CC(OC3OC(CO)C(O)C(O)C3O)C12C. The highest BCUT2D eigenvalue weighted by molar-refractivity contribution is 5.22. The van der Waals surface area contributed by atoms with Crippen LogP contribution in [0.25, 0.3) is 0 Å². The van der Waals surface area contributed by atoms with Gasteiger partial charge in [-0.1, -0.05) is 46.3 Å². The molecule has 26 atom stereocenters. The minimum Gasteiger partial charge on any atom is -0.394 e. The molecule has 382 valence electrons. The first-order valence-corrected chi connectivity index (χ1v) is 24.3. The minimum absolute atomic E-state index is 0.117. The number of allylic oxidation sites excluding steroid dienone is 2. The molecule has 7 fully saturated rings. The largest absolute Gasteiger partial charge is 0.394 e. The normalized spacial score (nSPS) is 53.5. The van der Waals surface area contributed by atoms with Crippen LogP contribution in [0.3, 0.4) is 0 Å². The summed E-state index contributed by atoms with van der Waals surface area (Å²) in [5.74, 6) is -1.00.